The molecule has 148 valence electrons. The van der Waals surface area contributed by atoms with E-state index in [2.05, 4.69) is 25.9 Å². The van der Waals surface area contributed by atoms with Crippen molar-refractivity contribution in [1.29, 1.82) is 0 Å². The minimum absolute atomic E-state index is 0.0199. The maximum atomic E-state index is 13.0. The van der Waals surface area contributed by atoms with Crippen molar-refractivity contribution in [3.63, 3.8) is 0 Å². The van der Waals surface area contributed by atoms with Gasteiger partial charge < -0.3 is 9.47 Å². The number of nitrogens with zero attached hydrogens (tertiary/aromatic N) is 6. The average molecular weight is 427 g/mol. The number of hydrogen-bond acceptors (Lipinski definition) is 5. The van der Waals surface area contributed by atoms with Crippen LogP contribution in [0.4, 0.5) is 0 Å². The standard InChI is InChI=1S/C20H19ClN6OS/c1-11-15-10-16(29-20(15)25(3)24-11)18-23-22-17-12(2)26(8-9-27(17)18)19(28)13-4-6-14(21)7-5-13/h4-7,10,12H,8-9H2,1-3H3. The molecule has 0 saturated carbocycles. The Balaban J connectivity index is 1.48. The van der Waals surface area contributed by atoms with Crippen LogP contribution in [0.25, 0.3) is 20.9 Å². The summed E-state index contributed by atoms with van der Waals surface area (Å²) >= 11 is 7.61. The van der Waals surface area contributed by atoms with Crippen LogP contribution in [0.1, 0.15) is 34.8 Å². The molecule has 0 N–H and O–H groups in total. The number of halogens is 1. The molecule has 1 amide bonds. The van der Waals surface area contributed by atoms with E-state index >= 15 is 0 Å². The molecule has 0 radical (unpaired) electrons. The molecule has 7 nitrogen and oxygen atoms in total. The van der Waals surface area contributed by atoms with Crippen LogP contribution in [0.5, 0.6) is 0 Å². The lowest BCUT2D eigenvalue weighted by molar-refractivity contribution is 0.0638. The van der Waals surface area contributed by atoms with E-state index in [1.807, 2.05) is 30.5 Å². The fraction of sp³-hybridized carbons (Fsp3) is 0.300. The number of hydrogen-bond donors (Lipinski definition) is 0. The molecule has 0 aliphatic carbocycles. The third-order valence-electron chi connectivity index (χ3n) is 5.45. The number of aromatic nitrogens is 5. The van der Waals surface area contributed by atoms with E-state index in [9.17, 15) is 4.79 Å². The van der Waals surface area contributed by atoms with E-state index in [4.69, 9.17) is 11.6 Å². The topological polar surface area (TPSA) is 68.8 Å². The summed E-state index contributed by atoms with van der Waals surface area (Å²) in [5.74, 6) is 1.64. The maximum Gasteiger partial charge on any atom is 0.254 e. The largest absolute Gasteiger partial charge is 0.327 e. The summed E-state index contributed by atoms with van der Waals surface area (Å²) in [5, 5.41) is 15.1. The summed E-state index contributed by atoms with van der Waals surface area (Å²) in [4.78, 5) is 17.0. The zero-order chi connectivity index (χ0) is 20.3. The lowest BCUT2D eigenvalue weighted by Gasteiger charge is -2.33. The van der Waals surface area contributed by atoms with E-state index in [0.29, 0.717) is 23.7 Å². The van der Waals surface area contributed by atoms with Crippen LogP contribution in [-0.4, -0.2) is 41.9 Å². The van der Waals surface area contributed by atoms with Gasteiger partial charge in [-0.3, -0.25) is 9.48 Å². The summed E-state index contributed by atoms with van der Waals surface area (Å²) < 4.78 is 4.03. The summed E-state index contributed by atoms with van der Waals surface area (Å²) in [5.41, 5.74) is 1.64. The van der Waals surface area contributed by atoms with Gasteiger partial charge in [-0.2, -0.15) is 5.10 Å². The van der Waals surface area contributed by atoms with Crippen molar-refractivity contribution in [3.05, 3.63) is 52.4 Å². The lowest BCUT2D eigenvalue weighted by atomic mass is 10.1. The Morgan fingerprint density at radius 1 is 1.21 bits per heavy atom. The van der Waals surface area contributed by atoms with Gasteiger partial charge in [0.1, 0.15) is 4.83 Å². The number of rotatable bonds is 2. The van der Waals surface area contributed by atoms with Gasteiger partial charge in [-0.25, -0.2) is 0 Å². The first-order chi connectivity index (χ1) is 13.9. The Morgan fingerprint density at radius 2 is 1.97 bits per heavy atom. The van der Waals surface area contributed by atoms with Gasteiger partial charge in [-0.1, -0.05) is 11.6 Å². The molecule has 4 heterocycles. The number of carbonyl (C=O) groups excluding carboxylic acids is 1. The van der Waals surface area contributed by atoms with Crippen molar-refractivity contribution in [2.75, 3.05) is 6.54 Å². The molecule has 5 rings (SSSR count). The van der Waals surface area contributed by atoms with E-state index in [0.717, 1.165) is 32.4 Å². The minimum atomic E-state index is -0.161. The Bertz CT molecular complexity index is 1200. The molecule has 1 atom stereocenters. The van der Waals surface area contributed by atoms with Crippen LogP contribution in [0.15, 0.2) is 30.3 Å². The van der Waals surface area contributed by atoms with Crippen molar-refractivity contribution in [1.82, 2.24) is 29.4 Å². The molecule has 4 aromatic rings. The van der Waals surface area contributed by atoms with Crippen LogP contribution in [0.2, 0.25) is 5.02 Å². The van der Waals surface area contributed by atoms with Gasteiger partial charge in [0.25, 0.3) is 5.91 Å². The summed E-state index contributed by atoms with van der Waals surface area (Å²) in [6.45, 7) is 5.27. The lowest BCUT2D eigenvalue weighted by Crippen LogP contribution is -2.41. The molecule has 9 heteroatoms. The van der Waals surface area contributed by atoms with Crippen LogP contribution >= 0.6 is 22.9 Å². The van der Waals surface area contributed by atoms with Crippen LogP contribution < -0.4 is 0 Å². The van der Waals surface area contributed by atoms with Crippen molar-refractivity contribution in [2.24, 2.45) is 7.05 Å². The maximum absolute atomic E-state index is 13.0. The average Bonchev–Trinajstić information content (AvgIpc) is 3.38. The van der Waals surface area contributed by atoms with Gasteiger partial charge in [-0.15, -0.1) is 21.5 Å². The van der Waals surface area contributed by atoms with Gasteiger partial charge in [-0.05, 0) is 44.2 Å². The fourth-order valence-corrected chi connectivity index (χ4v) is 5.16. The van der Waals surface area contributed by atoms with E-state index in [-0.39, 0.29) is 11.9 Å². The predicted octanol–water partition coefficient (Wildman–Crippen LogP) is 4.07. The Kier molecular flexibility index (Phi) is 4.22. The number of aryl methyl sites for hydroxylation is 2. The molecular weight excluding hydrogens is 408 g/mol. The van der Waals surface area contributed by atoms with Crippen molar-refractivity contribution < 1.29 is 4.79 Å². The first kappa shape index (κ1) is 18.3. The van der Waals surface area contributed by atoms with Crippen LogP contribution in [0.3, 0.4) is 0 Å². The molecule has 0 spiro atoms. The number of amides is 1. The molecule has 1 aliphatic rings. The zero-order valence-corrected chi connectivity index (χ0v) is 17.8. The quantitative estimate of drug-likeness (QED) is 0.484. The number of fused-ring (bicyclic) bond motifs is 2. The molecule has 0 saturated heterocycles. The normalized spacial score (nSPS) is 16.4. The highest BCUT2D eigenvalue weighted by atomic mass is 35.5. The first-order valence-electron chi connectivity index (χ1n) is 9.37. The van der Waals surface area contributed by atoms with Crippen LogP contribution in [0, 0.1) is 6.92 Å². The molecule has 3 aromatic heterocycles. The third kappa shape index (κ3) is 2.86. The number of thiophene rings is 1. The second-order valence-electron chi connectivity index (χ2n) is 7.25. The number of benzene rings is 1. The molecule has 1 aromatic carbocycles. The van der Waals surface area contributed by atoms with Crippen LogP contribution in [-0.2, 0) is 13.6 Å². The van der Waals surface area contributed by atoms with Crippen molar-refractivity contribution in [2.45, 2.75) is 26.4 Å². The second-order valence-corrected chi connectivity index (χ2v) is 8.72. The molecule has 29 heavy (non-hydrogen) atoms. The monoisotopic (exact) mass is 426 g/mol. The Hall–Kier alpha value is -2.71. The minimum Gasteiger partial charge on any atom is -0.327 e. The summed E-state index contributed by atoms with van der Waals surface area (Å²) in [7, 11) is 1.96. The number of carbonyl (C=O) groups is 1. The highest BCUT2D eigenvalue weighted by Gasteiger charge is 2.32. The van der Waals surface area contributed by atoms with Gasteiger partial charge in [0.2, 0.25) is 0 Å². The fourth-order valence-electron chi connectivity index (χ4n) is 3.92. The zero-order valence-electron chi connectivity index (χ0n) is 16.3. The predicted molar refractivity (Wildman–Crippen MR) is 113 cm³/mol. The van der Waals surface area contributed by atoms with Gasteiger partial charge in [0.05, 0.1) is 16.6 Å². The first-order valence-corrected chi connectivity index (χ1v) is 10.6. The molecule has 1 aliphatic heterocycles. The second kappa shape index (κ2) is 6.67. The SMILES string of the molecule is Cc1nn(C)c2sc(-c3nnc4n3CCN(C(=O)c3ccc(Cl)cc3)C4C)cc12. The van der Waals surface area contributed by atoms with E-state index in [1.165, 1.54) is 0 Å². The molecule has 0 bridgehead atoms. The Labute approximate surface area is 176 Å². The molecular formula is C20H19ClN6OS. The van der Waals surface area contributed by atoms with Gasteiger partial charge in [0, 0.05) is 36.1 Å². The summed E-state index contributed by atoms with van der Waals surface area (Å²) in [6.07, 6.45) is 0. The van der Waals surface area contributed by atoms with E-state index in [1.54, 1.807) is 35.6 Å². The van der Waals surface area contributed by atoms with Crippen molar-refractivity contribution in [3.8, 4) is 10.7 Å². The third-order valence-corrected chi connectivity index (χ3v) is 6.90. The van der Waals surface area contributed by atoms with Gasteiger partial charge >= 0.3 is 0 Å². The summed E-state index contributed by atoms with van der Waals surface area (Å²) in [6, 6.07) is 8.97. The Morgan fingerprint density at radius 3 is 2.69 bits per heavy atom. The highest BCUT2D eigenvalue weighted by molar-refractivity contribution is 7.21. The van der Waals surface area contributed by atoms with Gasteiger partial charge in [0.15, 0.2) is 11.6 Å². The van der Waals surface area contributed by atoms with Crippen molar-refractivity contribution >= 4 is 39.1 Å². The molecule has 0 fully saturated rings. The smallest absolute Gasteiger partial charge is 0.254 e. The highest BCUT2D eigenvalue weighted by Crippen LogP contribution is 2.36. The van der Waals surface area contributed by atoms with E-state index < -0.39 is 0 Å². The molecule has 1 unspecified atom stereocenters.